The molecule has 0 aromatic rings. The largest absolute Gasteiger partial charge is 0.377 e. The fraction of sp³-hybridized carbons (Fsp3) is 1.00. The van der Waals surface area contributed by atoms with Crippen LogP contribution in [0, 0.1) is 5.92 Å². The highest BCUT2D eigenvalue weighted by molar-refractivity contribution is 4.76. The van der Waals surface area contributed by atoms with Gasteiger partial charge < -0.3 is 10.1 Å². The van der Waals surface area contributed by atoms with E-state index in [0.717, 1.165) is 25.5 Å². The van der Waals surface area contributed by atoms with E-state index in [1.165, 1.54) is 19.3 Å². The summed E-state index contributed by atoms with van der Waals surface area (Å²) in [5.74, 6) is 0.984. The Morgan fingerprint density at radius 3 is 2.60 bits per heavy atom. The van der Waals surface area contributed by atoms with Gasteiger partial charge in [0.1, 0.15) is 0 Å². The van der Waals surface area contributed by atoms with Crippen molar-refractivity contribution in [2.75, 3.05) is 13.2 Å². The number of ether oxygens (including phenoxy) is 1. The number of rotatable bonds is 8. The molecule has 0 heterocycles. The summed E-state index contributed by atoms with van der Waals surface area (Å²) in [5.41, 5.74) is 0.244. The maximum Gasteiger partial charge on any atom is 0.0671 e. The molecule has 1 N–H and O–H groups in total. The van der Waals surface area contributed by atoms with Crippen molar-refractivity contribution in [3.8, 4) is 0 Å². The molecule has 0 radical (unpaired) electrons. The van der Waals surface area contributed by atoms with Gasteiger partial charge in [-0.1, -0.05) is 19.8 Å². The maximum atomic E-state index is 5.77. The molecule has 1 saturated carbocycles. The van der Waals surface area contributed by atoms with E-state index in [9.17, 15) is 0 Å². The molecule has 1 aliphatic rings. The second kappa shape index (κ2) is 5.86. The van der Waals surface area contributed by atoms with Crippen LogP contribution in [0.1, 0.15) is 53.4 Å². The highest BCUT2D eigenvalue weighted by atomic mass is 16.5. The van der Waals surface area contributed by atoms with Crippen molar-refractivity contribution in [3.05, 3.63) is 0 Å². The van der Waals surface area contributed by atoms with Crippen molar-refractivity contribution >= 4 is 0 Å². The lowest BCUT2D eigenvalue weighted by Crippen LogP contribution is -2.42. The summed E-state index contributed by atoms with van der Waals surface area (Å²) in [4.78, 5) is 0. The first-order valence-corrected chi connectivity index (χ1v) is 6.40. The molecule has 1 atom stereocenters. The van der Waals surface area contributed by atoms with Crippen molar-refractivity contribution in [2.45, 2.75) is 65.0 Å². The standard InChI is InChI=1S/C13H27NO/c1-5-13(3,4)14-10-11(2)15-9-8-12-6-7-12/h11-12,14H,5-10H2,1-4H3. The molecule has 0 aromatic carbocycles. The molecule has 0 aromatic heterocycles. The van der Waals surface area contributed by atoms with E-state index in [0.29, 0.717) is 6.10 Å². The molecule has 1 fully saturated rings. The zero-order valence-corrected chi connectivity index (χ0v) is 10.8. The molecule has 90 valence electrons. The van der Waals surface area contributed by atoms with Crippen LogP contribution in [-0.2, 0) is 4.74 Å². The van der Waals surface area contributed by atoms with E-state index in [4.69, 9.17) is 4.74 Å². The van der Waals surface area contributed by atoms with Crippen LogP contribution in [0.25, 0.3) is 0 Å². The summed E-state index contributed by atoms with van der Waals surface area (Å²) in [7, 11) is 0. The second-order valence-electron chi connectivity index (χ2n) is 5.53. The first kappa shape index (κ1) is 13.0. The highest BCUT2D eigenvalue weighted by Gasteiger charge is 2.21. The van der Waals surface area contributed by atoms with Crippen molar-refractivity contribution in [3.63, 3.8) is 0 Å². The van der Waals surface area contributed by atoms with Gasteiger partial charge in [-0.15, -0.1) is 0 Å². The van der Waals surface area contributed by atoms with Gasteiger partial charge in [0.2, 0.25) is 0 Å². The molecule has 1 aliphatic carbocycles. The maximum absolute atomic E-state index is 5.77. The van der Waals surface area contributed by atoms with E-state index in [1.54, 1.807) is 0 Å². The minimum atomic E-state index is 0.244. The van der Waals surface area contributed by atoms with E-state index in [2.05, 4.69) is 33.0 Å². The van der Waals surface area contributed by atoms with Crippen LogP contribution in [0.2, 0.25) is 0 Å². The summed E-state index contributed by atoms with van der Waals surface area (Å²) >= 11 is 0. The Kier molecular flexibility index (Phi) is 5.07. The Morgan fingerprint density at radius 1 is 1.40 bits per heavy atom. The monoisotopic (exact) mass is 213 g/mol. The van der Waals surface area contributed by atoms with E-state index in [-0.39, 0.29) is 5.54 Å². The highest BCUT2D eigenvalue weighted by Crippen LogP contribution is 2.32. The third-order valence-electron chi connectivity index (χ3n) is 3.38. The Balaban J connectivity index is 1.99. The molecule has 15 heavy (non-hydrogen) atoms. The lowest BCUT2D eigenvalue weighted by molar-refractivity contribution is 0.0566. The third-order valence-corrected chi connectivity index (χ3v) is 3.38. The van der Waals surface area contributed by atoms with E-state index < -0.39 is 0 Å². The van der Waals surface area contributed by atoms with Crippen LogP contribution in [0.4, 0.5) is 0 Å². The normalized spacial score (nSPS) is 19.2. The first-order valence-electron chi connectivity index (χ1n) is 6.40. The van der Waals surface area contributed by atoms with Crippen LogP contribution in [-0.4, -0.2) is 24.8 Å². The fourth-order valence-corrected chi connectivity index (χ4v) is 1.45. The average Bonchev–Trinajstić information content (AvgIpc) is 2.99. The Morgan fingerprint density at radius 2 is 2.07 bits per heavy atom. The fourth-order valence-electron chi connectivity index (χ4n) is 1.45. The van der Waals surface area contributed by atoms with Crippen molar-refractivity contribution in [2.24, 2.45) is 5.92 Å². The molecular weight excluding hydrogens is 186 g/mol. The van der Waals surface area contributed by atoms with Gasteiger partial charge in [0.15, 0.2) is 0 Å². The summed E-state index contributed by atoms with van der Waals surface area (Å²) in [6.07, 6.45) is 5.62. The van der Waals surface area contributed by atoms with Crippen LogP contribution in [0.15, 0.2) is 0 Å². The quantitative estimate of drug-likeness (QED) is 0.669. The molecular formula is C13H27NO. The summed E-state index contributed by atoms with van der Waals surface area (Å²) < 4.78 is 5.77. The summed E-state index contributed by atoms with van der Waals surface area (Å²) in [6, 6.07) is 0. The Bertz CT molecular complexity index is 175. The first-order chi connectivity index (χ1) is 7.03. The van der Waals surface area contributed by atoms with Crippen molar-refractivity contribution in [1.29, 1.82) is 0 Å². The van der Waals surface area contributed by atoms with Gasteiger partial charge in [-0.3, -0.25) is 0 Å². The van der Waals surface area contributed by atoms with Gasteiger partial charge in [0, 0.05) is 18.7 Å². The smallest absolute Gasteiger partial charge is 0.0671 e. The molecule has 2 nitrogen and oxygen atoms in total. The minimum absolute atomic E-state index is 0.244. The zero-order chi connectivity index (χ0) is 11.3. The number of hydrogen-bond donors (Lipinski definition) is 1. The molecule has 0 saturated heterocycles. The van der Waals surface area contributed by atoms with Crippen LogP contribution in [0.3, 0.4) is 0 Å². The zero-order valence-electron chi connectivity index (χ0n) is 10.8. The average molecular weight is 213 g/mol. The molecule has 0 amide bonds. The second-order valence-corrected chi connectivity index (χ2v) is 5.53. The molecule has 1 unspecified atom stereocenters. The van der Waals surface area contributed by atoms with Crippen LogP contribution in [0.5, 0.6) is 0 Å². The number of hydrogen-bond acceptors (Lipinski definition) is 2. The molecule has 0 bridgehead atoms. The Labute approximate surface area is 94.8 Å². The summed E-state index contributed by atoms with van der Waals surface area (Å²) in [5, 5.41) is 3.54. The minimum Gasteiger partial charge on any atom is -0.377 e. The van der Waals surface area contributed by atoms with Crippen molar-refractivity contribution < 1.29 is 4.74 Å². The van der Waals surface area contributed by atoms with Gasteiger partial charge in [0.05, 0.1) is 6.10 Å². The molecule has 0 spiro atoms. The lowest BCUT2D eigenvalue weighted by Gasteiger charge is -2.26. The SMILES string of the molecule is CCC(C)(C)NCC(C)OCCC1CC1. The molecule has 0 aliphatic heterocycles. The third kappa shape index (κ3) is 6.16. The Hall–Kier alpha value is -0.0800. The molecule has 1 rings (SSSR count). The summed E-state index contributed by atoms with van der Waals surface area (Å²) in [6.45, 7) is 10.8. The van der Waals surface area contributed by atoms with Gasteiger partial charge in [-0.25, -0.2) is 0 Å². The van der Waals surface area contributed by atoms with Crippen molar-refractivity contribution in [1.82, 2.24) is 5.32 Å². The van der Waals surface area contributed by atoms with Gasteiger partial charge in [0.25, 0.3) is 0 Å². The predicted molar refractivity (Wildman–Crippen MR) is 65.1 cm³/mol. The van der Waals surface area contributed by atoms with Crippen LogP contribution < -0.4 is 5.32 Å². The predicted octanol–water partition coefficient (Wildman–Crippen LogP) is 2.97. The van der Waals surface area contributed by atoms with E-state index >= 15 is 0 Å². The van der Waals surface area contributed by atoms with Crippen LogP contribution >= 0.6 is 0 Å². The van der Waals surface area contributed by atoms with Gasteiger partial charge in [-0.05, 0) is 39.5 Å². The molecule has 2 heteroatoms. The lowest BCUT2D eigenvalue weighted by atomic mass is 10.0. The van der Waals surface area contributed by atoms with E-state index in [1.807, 2.05) is 0 Å². The topological polar surface area (TPSA) is 21.3 Å². The van der Waals surface area contributed by atoms with Gasteiger partial charge >= 0.3 is 0 Å². The van der Waals surface area contributed by atoms with Gasteiger partial charge in [-0.2, -0.15) is 0 Å². The number of nitrogens with one attached hydrogen (secondary N) is 1.